The molecule has 1 heterocycles. The van der Waals surface area contributed by atoms with Gasteiger partial charge in [0.2, 0.25) is 0 Å². The van der Waals surface area contributed by atoms with Gasteiger partial charge >= 0.3 is 0 Å². The first kappa shape index (κ1) is 45.7. The molecule has 354 valence electrons. The molecule has 0 aliphatic heterocycles. The van der Waals surface area contributed by atoms with Crippen LogP contribution in [0.25, 0.3) is 60.9 Å². The van der Waals surface area contributed by atoms with Crippen LogP contribution in [0.2, 0.25) is 0 Å². The number of rotatable bonds is 12. The summed E-state index contributed by atoms with van der Waals surface area (Å²) in [5.74, 6) is 0. The van der Waals surface area contributed by atoms with E-state index in [1.54, 1.807) is 0 Å². The zero-order chi connectivity index (χ0) is 50.0. The molecule has 0 unspecified atom stereocenters. The number of hydrogen-bond donors (Lipinski definition) is 0. The van der Waals surface area contributed by atoms with Crippen LogP contribution in [-0.4, -0.2) is 20.7 Å². The third-order valence-corrected chi connectivity index (χ3v) is 25.0. The Bertz CT molecular complexity index is 3870. The third kappa shape index (κ3) is 7.84. The van der Waals surface area contributed by atoms with Gasteiger partial charge in [-0.25, -0.2) is 0 Å². The molecule has 0 saturated heterocycles. The molecule has 0 spiro atoms. The van der Waals surface area contributed by atoms with Crippen LogP contribution >= 0.6 is 0 Å². The molecule has 1 nitrogen and oxygen atoms in total. The van der Waals surface area contributed by atoms with Crippen molar-refractivity contribution < 1.29 is 0 Å². The van der Waals surface area contributed by atoms with Crippen LogP contribution in [0, 0.1) is 0 Å². The van der Waals surface area contributed by atoms with Gasteiger partial charge in [0.15, 0.2) is 16.1 Å². The van der Waals surface area contributed by atoms with Crippen LogP contribution in [-0.2, 0) is 0 Å². The Hall–Kier alpha value is -9.13. The predicted octanol–water partition coefficient (Wildman–Crippen LogP) is 12.5. The van der Waals surface area contributed by atoms with E-state index in [1.807, 2.05) is 0 Å². The number of hydrogen-bond acceptors (Lipinski definition) is 0. The molecule has 0 atom stereocenters. The van der Waals surface area contributed by atoms with E-state index >= 15 is 0 Å². The number of para-hydroxylation sites is 1. The highest BCUT2D eigenvalue weighted by molar-refractivity contribution is 7.20. The molecule has 3 heteroatoms. The maximum absolute atomic E-state index is 3.14. The predicted molar refractivity (Wildman–Crippen MR) is 324 cm³/mol. The fourth-order valence-electron chi connectivity index (χ4n) is 12.2. The van der Waals surface area contributed by atoms with Crippen molar-refractivity contribution in [1.29, 1.82) is 0 Å². The summed E-state index contributed by atoms with van der Waals surface area (Å²) in [6.45, 7) is 0. The van der Waals surface area contributed by atoms with Crippen LogP contribution in [0.15, 0.2) is 322 Å². The summed E-state index contributed by atoms with van der Waals surface area (Å²) in [7, 11) is -6.00. The van der Waals surface area contributed by atoms with E-state index in [9.17, 15) is 0 Å². The lowest BCUT2D eigenvalue weighted by atomic mass is 9.95. The highest BCUT2D eigenvalue weighted by atomic mass is 28.3. The minimum absolute atomic E-state index is 1.16. The van der Waals surface area contributed by atoms with Crippen LogP contribution in [0.5, 0.6) is 0 Å². The third-order valence-electron chi connectivity index (χ3n) is 15.5. The summed E-state index contributed by atoms with van der Waals surface area (Å²) < 4.78 is 2.59. The summed E-state index contributed by atoms with van der Waals surface area (Å²) in [6.07, 6.45) is 0. The van der Waals surface area contributed by atoms with Gasteiger partial charge in [-0.15, -0.1) is 0 Å². The molecular weight excluding hydrogens is 935 g/mol. The monoisotopic (exact) mass is 987 g/mol. The molecule has 0 amide bonds. The summed E-state index contributed by atoms with van der Waals surface area (Å²) in [5.41, 5.74) is 10.6. The van der Waals surface area contributed by atoms with Crippen molar-refractivity contribution >= 4 is 79.4 Å². The van der Waals surface area contributed by atoms with E-state index in [0.29, 0.717) is 0 Å². The molecule has 13 rings (SSSR count). The average molecular weight is 988 g/mol. The van der Waals surface area contributed by atoms with E-state index < -0.39 is 16.1 Å². The van der Waals surface area contributed by atoms with Crippen molar-refractivity contribution in [2.24, 2.45) is 0 Å². The normalized spacial score (nSPS) is 11.7. The first-order chi connectivity index (χ1) is 37.2. The van der Waals surface area contributed by atoms with Crippen LogP contribution < -0.4 is 41.5 Å². The van der Waals surface area contributed by atoms with E-state index in [2.05, 4.69) is 326 Å². The number of aromatic nitrogens is 1. The first-order valence-corrected chi connectivity index (χ1v) is 30.0. The quantitative estimate of drug-likeness (QED) is 0.0849. The SMILES string of the molecule is c1ccc(-c2cccc([Si](c3ccccc3)(c3ccccc3)c3cc(-c4ccccc4)c(-n4c5ccccc5c5cc([Si](c6ccccc6)(c6ccccc6)c6ccccc6)ccc54)c(-c4ccccc4)c3)c2)cc1. The second kappa shape index (κ2) is 19.7. The zero-order valence-electron chi connectivity index (χ0n) is 41.5. The van der Waals surface area contributed by atoms with Gasteiger partial charge in [-0.05, 0) is 75.9 Å². The Morgan fingerprint density at radius 1 is 0.200 bits per heavy atom. The smallest absolute Gasteiger partial charge is 0.179 e. The van der Waals surface area contributed by atoms with Gasteiger partial charge in [0.25, 0.3) is 0 Å². The fourth-order valence-corrected chi connectivity index (χ4v) is 21.8. The Morgan fingerprint density at radius 3 is 0.987 bits per heavy atom. The Balaban J connectivity index is 1.16. The first-order valence-electron chi connectivity index (χ1n) is 26.0. The lowest BCUT2D eigenvalue weighted by molar-refractivity contribution is 1.18. The second-order valence-electron chi connectivity index (χ2n) is 19.5. The van der Waals surface area contributed by atoms with Gasteiger partial charge < -0.3 is 4.57 Å². The molecule has 0 aliphatic carbocycles. The lowest BCUT2D eigenvalue weighted by Gasteiger charge is -2.36. The molecule has 0 radical (unpaired) electrons. The Morgan fingerprint density at radius 2 is 0.533 bits per heavy atom. The maximum atomic E-state index is 2.59. The second-order valence-corrected chi connectivity index (χ2v) is 27.1. The molecule has 1 aromatic heterocycles. The zero-order valence-corrected chi connectivity index (χ0v) is 43.5. The molecule has 12 aromatic carbocycles. The average Bonchev–Trinajstić information content (AvgIpc) is 3.89. The Kier molecular flexibility index (Phi) is 12.0. The van der Waals surface area contributed by atoms with Crippen LogP contribution in [0.4, 0.5) is 0 Å². The molecule has 0 saturated carbocycles. The number of nitrogens with zero attached hydrogens (tertiary/aromatic N) is 1. The van der Waals surface area contributed by atoms with E-state index in [1.165, 1.54) is 96.7 Å². The van der Waals surface area contributed by atoms with Gasteiger partial charge in [-0.2, -0.15) is 0 Å². The summed E-state index contributed by atoms with van der Waals surface area (Å²) >= 11 is 0. The molecule has 75 heavy (non-hydrogen) atoms. The van der Waals surface area contributed by atoms with E-state index in [0.717, 1.165) is 5.69 Å². The van der Waals surface area contributed by atoms with Crippen molar-refractivity contribution in [3.63, 3.8) is 0 Å². The minimum Gasteiger partial charge on any atom is -0.308 e. The molecule has 0 N–H and O–H groups in total. The molecule has 13 aromatic rings. The van der Waals surface area contributed by atoms with Crippen LogP contribution in [0.1, 0.15) is 0 Å². The number of fused-ring (bicyclic) bond motifs is 3. The highest BCUT2D eigenvalue weighted by Gasteiger charge is 2.44. The summed E-state index contributed by atoms with van der Waals surface area (Å²) in [4.78, 5) is 0. The van der Waals surface area contributed by atoms with Crippen molar-refractivity contribution in [1.82, 2.24) is 4.57 Å². The van der Waals surface area contributed by atoms with Gasteiger partial charge in [-0.3, -0.25) is 0 Å². The molecule has 0 aliphatic rings. The lowest BCUT2D eigenvalue weighted by Crippen LogP contribution is -2.74. The van der Waals surface area contributed by atoms with Gasteiger partial charge in [0.05, 0.1) is 16.7 Å². The van der Waals surface area contributed by atoms with Crippen molar-refractivity contribution in [3.05, 3.63) is 322 Å². The van der Waals surface area contributed by atoms with Gasteiger partial charge in [0, 0.05) is 21.9 Å². The van der Waals surface area contributed by atoms with E-state index in [4.69, 9.17) is 0 Å². The van der Waals surface area contributed by atoms with Gasteiger partial charge in [-0.1, -0.05) is 309 Å². The molecular formula is C72H53NSi2. The van der Waals surface area contributed by atoms with Crippen molar-refractivity contribution in [2.45, 2.75) is 0 Å². The van der Waals surface area contributed by atoms with Crippen molar-refractivity contribution in [3.8, 4) is 39.1 Å². The summed E-state index contributed by atoms with van der Waals surface area (Å²) in [6, 6.07) is 121. The van der Waals surface area contributed by atoms with Crippen LogP contribution in [0.3, 0.4) is 0 Å². The molecule has 0 fully saturated rings. The Labute approximate surface area is 442 Å². The highest BCUT2D eigenvalue weighted by Crippen LogP contribution is 2.41. The molecule has 0 bridgehead atoms. The van der Waals surface area contributed by atoms with Crippen molar-refractivity contribution in [2.75, 3.05) is 0 Å². The number of benzene rings is 12. The summed E-state index contributed by atoms with van der Waals surface area (Å²) in [5, 5.41) is 13.2. The standard InChI is InChI=1S/C72H53NSi2/c1-9-28-54(29-10-1)57-34-27-45-63(50-57)75(61-41-21-7-22-42-61,62-43-23-8-24-44-62)65-52-67(55-30-11-2-12-31-55)72(68(53-65)56-32-13-3-14-33-56)73-70-47-26-25-46-66(70)69-51-64(48-49-71(69)73)74(58-35-15-4-16-36-58,59-37-17-5-18-38-59)60-39-19-6-20-40-60/h1-53H. The largest absolute Gasteiger partial charge is 0.308 e. The maximum Gasteiger partial charge on any atom is 0.179 e. The van der Waals surface area contributed by atoms with E-state index in [-0.39, 0.29) is 0 Å². The topological polar surface area (TPSA) is 4.93 Å². The van der Waals surface area contributed by atoms with Gasteiger partial charge in [0.1, 0.15) is 0 Å². The minimum atomic E-state index is -3.14. The fraction of sp³-hybridized carbons (Fsp3) is 0.